The molecule has 258 valence electrons. The second-order valence-electron chi connectivity index (χ2n) is 13.2. The zero-order valence-corrected chi connectivity index (χ0v) is 26.0. The molecule has 0 spiro atoms. The summed E-state index contributed by atoms with van der Waals surface area (Å²) in [6.45, 7) is 3.18. The van der Waals surface area contributed by atoms with Gasteiger partial charge in [-0.05, 0) is 42.9 Å². The van der Waals surface area contributed by atoms with Crippen molar-refractivity contribution in [2.24, 2.45) is 35.5 Å². The Kier molecular flexibility index (Phi) is 9.81. The highest BCUT2D eigenvalue weighted by Gasteiger charge is 2.53. The molecule has 0 amide bonds. The van der Waals surface area contributed by atoms with Crippen LogP contribution in [-0.2, 0) is 39.9 Å². The van der Waals surface area contributed by atoms with E-state index in [-0.39, 0.29) is 48.0 Å². The second kappa shape index (κ2) is 13.7. The number of rotatable bonds is 8. The quantitative estimate of drug-likeness (QED) is 0.206. The van der Waals surface area contributed by atoms with Crippen molar-refractivity contribution < 1.29 is 68.6 Å². The van der Waals surface area contributed by atoms with Gasteiger partial charge in [0.2, 0.25) is 6.29 Å². The summed E-state index contributed by atoms with van der Waals surface area (Å²) >= 11 is 0. The average Bonchev–Trinajstić information content (AvgIpc) is 3.61. The lowest BCUT2D eigenvalue weighted by Crippen LogP contribution is -2.60. The molecule has 1 saturated heterocycles. The van der Waals surface area contributed by atoms with Crippen molar-refractivity contribution in [3.63, 3.8) is 0 Å². The molecule has 3 fully saturated rings. The summed E-state index contributed by atoms with van der Waals surface area (Å²) in [5, 5.41) is 60.5. The van der Waals surface area contributed by atoms with Crippen LogP contribution >= 0.6 is 0 Å². The summed E-state index contributed by atoms with van der Waals surface area (Å²) in [5.41, 5.74) is 1.22. The molecule has 0 bridgehead atoms. The molecule has 0 radical (unpaired) electrons. The van der Waals surface area contributed by atoms with E-state index in [9.17, 15) is 40.2 Å². The summed E-state index contributed by atoms with van der Waals surface area (Å²) in [7, 11) is 0. The number of aliphatic hydroxyl groups excluding tert-OH is 6. The van der Waals surface area contributed by atoms with E-state index in [0.717, 1.165) is 12.8 Å². The minimum absolute atomic E-state index is 0.106. The van der Waals surface area contributed by atoms with Crippen LogP contribution in [0.4, 0.5) is 0 Å². The van der Waals surface area contributed by atoms with Crippen LogP contribution < -0.4 is 4.74 Å². The molecule has 9 unspecified atom stereocenters. The van der Waals surface area contributed by atoms with Gasteiger partial charge in [0.05, 0.1) is 30.3 Å². The number of carbonyl (C=O) groups is 2. The van der Waals surface area contributed by atoms with Crippen LogP contribution in [0.2, 0.25) is 0 Å². The smallest absolute Gasteiger partial charge is 0.337 e. The van der Waals surface area contributed by atoms with E-state index in [1.54, 1.807) is 24.3 Å². The molecule has 6 rings (SSSR count). The molecule has 2 aliphatic carbocycles. The summed E-state index contributed by atoms with van der Waals surface area (Å²) < 4.78 is 33.3. The van der Waals surface area contributed by atoms with Crippen molar-refractivity contribution in [1.82, 2.24) is 0 Å². The minimum atomic E-state index is -1.57. The first-order valence-electron chi connectivity index (χ1n) is 16.0. The predicted molar refractivity (Wildman–Crippen MR) is 157 cm³/mol. The van der Waals surface area contributed by atoms with E-state index in [1.165, 1.54) is 12.5 Å². The average molecular weight is 663 g/mol. The number of hydrogen-bond donors (Lipinski definition) is 6. The molecule has 6 N–H and O–H groups in total. The lowest BCUT2D eigenvalue weighted by atomic mass is 9.83. The van der Waals surface area contributed by atoms with E-state index in [0.29, 0.717) is 11.1 Å². The monoisotopic (exact) mass is 662 g/mol. The van der Waals surface area contributed by atoms with Gasteiger partial charge in [0, 0.05) is 29.6 Å². The van der Waals surface area contributed by atoms with Gasteiger partial charge < -0.3 is 59.1 Å². The Balaban J connectivity index is 1.05. The largest absolute Gasteiger partial charge is 0.472 e. The second-order valence-corrected chi connectivity index (χ2v) is 13.2. The van der Waals surface area contributed by atoms with E-state index in [4.69, 9.17) is 28.4 Å². The summed E-state index contributed by atoms with van der Waals surface area (Å²) in [5.74, 6) is -2.39. The van der Waals surface area contributed by atoms with Gasteiger partial charge in [-0.15, -0.1) is 0 Å². The first-order chi connectivity index (χ1) is 22.5. The summed E-state index contributed by atoms with van der Waals surface area (Å²) in [6.07, 6.45) is -5.44. The number of hydrogen-bond acceptors (Lipinski definition) is 14. The molecule has 14 nitrogen and oxygen atoms in total. The fraction of sp³-hybridized carbons (Fsp3) is 0.636. The van der Waals surface area contributed by atoms with E-state index in [2.05, 4.69) is 0 Å². The molecule has 1 aromatic rings. The van der Waals surface area contributed by atoms with Crippen LogP contribution in [0.1, 0.15) is 38.7 Å². The van der Waals surface area contributed by atoms with Crippen molar-refractivity contribution in [3.05, 3.63) is 53.5 Å². The molecular weight excluding hydrogens is 620 g/mol. The van der Waals surface area contributed by atoms with Gasteiger partial charge in [0.15, 0.2) is 12.6 Å². The zero-order chi connectivity index (χ0) is 33.6. The fourth-order valence-electron chi connectivity index (χ4n) is 7.69. The van der Waals surface area contributed by atoms with E-state index in [1.807, 2.05) is 13.8 Å². The van der Waals surface area contributed by atoms with Crippen LogP contribution in [0.3, 0.4) is 0 Å². The van der Waals surface area contributed by atoms with Crippen LogP contribution in [0, 0.1) is 35.5 Å². The van der Waals surface area contributed by atoms with Crippen molar-refractivity contribution in [2.75, 3.05) is 6.61 Å². The first-order valence-corrected chi connectivity index (χ1v) is 16.0. The molecule has 14 atom stereocenters. The number of benzene rings is 1. The SMILES string of the molecule is CC1CCC2C(C(=O)OC3CC4C(C(=O)OCc5ccc(O[C@@H]6O[C@H](CO)[C@@H](O)[C@H](O)[C@H]6O)cc5)=COC(O)C4C3C)=COC(O)C12. The Hall–Kier alpha value is -3.24. The van der Waals surface area contributed by atoms with E-state index < -0.39 is 79.8 Å². The lowest BCUT2D eigenvalue weighted by molar-refractivity contribution is -0.277. The normalized spacial score (nSPS) is 40.9. The third-order valence-electron chi connectivity index (χ3n) is 10.4. The highest BCUT2D eigenvalue weighted by Crippen LogP contribution is 2.49. The maximum atomic E-state index is 13.3. The van der Waals surface area contributed by atoms with Crippen LogP contribution in [0.15, 0.2) is 47.9 Å². The van der Waals surface area contributed by atoms with Gasteiger partial charge >= 0.3 is 11.9 Å². The first kappa shape index (κ1) is 33.7. The molecule has 47 heavy (non-hydrogen) atoms. The molecule has 5 aliphatic rings. The van der Waals surface area contributed by atoms with Crippen molar-refractivity contribution in [1.29, 1.82) is 0 Å². The number of fused-ring (bicyclic) bond motifs is 2. The predicted octanol–water partition coefficient (Wildman–Crippen LogP) is 0.220. The van der Waals surface area contributed by atoms with Gasteiger partial charge in [-0.2, -0.15) is 0 Å². The van der Waals surface area contributed by atoms with Crippen LogP contribution in [-0.4, -0.2) is 98.6 Å². The highest BCUT2D eigenvalue weighted by atomic mass is 16.7. The minimum Gasteiger partial charge on any atom is -0.472 e. The summed E-state index contributed by atoms with van der Waals surface area (Å²) in [4.78, 5) is 26.5. The Bertz CT molecular complexity index is 1360. The van der Waals surface area contributed by atoms with Crippen molar-refractivity contribution >= 4 is 11.9 Å². The fourth-order valence-corrected chi connectivity index (χ4v) is 7.69. The Morgan fingerprint density at radius 3 is 2.17 bits per heavy atom. The highest BCUT2D eigenvalue weighted by molar-refractivity contribution is 5.90. The van der Waals surface area contributed by atoms with Gasteiger partial charge in [-0.1, -0.05) is 26.0 Å². The zero-order valence-electron chi connectivity index (χ0n) is 26.0. The van der Waals surface area contributed by atoms with Gasteiger partial charge in [0.25, 0.3) is 0 Å². The Morgan fingerprint density at radius 2 is 1.49 bits per heavy atom. The molecule has 3 aliphatic heterocycles. The van der Waals surface area contributed by atoms with Crippen molar-refractivity contribution in [2.45, 2.75) is 89.1 Å². The van der Waals surface area contributed by atoms with E-state index >= 15 is 0 Å². The molecule has 3 heterocycles. The van der Waals surface area contributed by atoms with Gasteiger partial charge in [-0.3, -0.25) is 0 Å². The van der Waals surface area contributed by atoms with Crippen LogP contribution in [0.5, 0.6) is 5.75 Å². The third kappa shape index (κ3) is 6.47. The molecule has 2 saturated carbocycles. The maximum Gasteiger partial charge on any atom is 0.337 e. The number of carbonyl (C=O) groups excluding carboxylic acids is 2. The maximum absolute atomic E-state index is 13.3. The molecular formula is C33H42O14. The summed E-state index contributed by atoms with van der Waals surface area (Å²) in [6, 6.07) is 6.33. The third-order valence-corrected chi connectivity index (χ3v) is 10.4. The molecule has 14 heteroatoms. The molecule has 0 aromatic heterocycles. The van der Waals surface area contributed by atoms with Crippen molar-refractivity contribution in [3.8, 4) is 5.75 Å². The Labute approximate surface area is 271 Å². The number of aliphatic hydroxyl groups is 6. The number of esters is 2. The molecule has 1 aromatic carbocycles. The van der Waals surface area contributed by atoms with Gasteiger partial charge in [0.1, 0.15) is 42.9 Å². The topological polar surface area (TPSA) is 211 Å². The lowest BCUT2D eigenvalue weighted by Gasteiger charge is -2.39. The van der Waals surface area contributed by atoms with Crippen LogP contribution in [0.25, 0.3) is 0 Å². The Morgan fingerprint density at radius 1 is 0.830 bits per heavy atom. The number of ether oxygens (including phenoxy) is 6. The van der Waals surface area contributed by atoms with Gasteiger partial charge in [-0.25, -0.2) is 9.59 Å². The standard InChI is InChI=1S/C33H42O14/c1-14-3-8-18-20(12-43-31(40)24(14)18)30(39)46-22-9-19-21(13-44-32(41)25(19)15(22)2)29(38)42-11-16-4-6-17(7-5-16)45-33-28(37)27(36)26(35)23(10-34)47-33/h4-7,12-15,18-19,22-28,31-37,40-41H,3,8-11H2,1-2H3/t14?,15?,18?,19?,22?,23-,24?,25?,26-,27+,28-,31?,32?,33-/m1/s1.